The summed E-state index contributed by atoms with van der Waals surface area (Å²) in [7, 11) is 0. The molecule has 0 aromatic carbocycles. The molecule has 1 unspecified atom stereocenters. The van der Waals surface area contributed by atoms with Gasteiger partial charge >= 0.3 is 0 Å². The third-order valence-electron chi connectivity index (χ3n) is 3.88. The van der Waals surface area contributed by atoms with Crippen LogP contribution < -0.4 is 5.32 Å². The van der Waals surface area contributed by atoms with Gasteiger partial charge in [-0.25, -0.2) is 8.78 Å². The molecule has 1 aliphatic carbocycles. The topological polar surface area (TPSA) is 58.6 Å². The van der Waals surface area contributed by atoms with Crippen molar-refractivity contribution in [2.45, 2.75) is 38.2 Å². The Morgan fingerprint density at radius 1 is 1.45 bits per heavy atom. The minimum atomic E-state index is -2.50. The van der Waals surface area contributed by atoms with Crippen LogP contribution in [-0.2, 0) is 14.3 Å². The lowest BCUT2D eigenvalue weighted by Gasteiger charge is -2.32. The number of nitrogens with one attached hydrogen (secondary N) is 1. The Balaban J connectivity index is 1.94. The van der Waals surface area contributed by atoms with Crippen molar-refractivity contribution in [1.29, 1.82) is 0 Å². The Morgan fingerprint density at radius 3 is 2.75 bits per heavy atom. The lowest BCUT2D eigenvalue weighted by Crippen LogP contribution is -2.57. The van der Waals surface area contributed by atoms with Crippen LogP contribution in [0.3, 0.4) is 0 Å². The second-order valence-electron chi connectivity index (χ2n) is 5.53. The Labute approximate surface area is 116 Å². The summed E-state index contributed by atoms with van der Waals surface area (Å²) in [4.78, 5) is 25.8. The van der Waals surface area contributed by atoms with Crippen LogP contribution in [0, 0.1) is 5.92 Å². The first kappa shape index (κ1) is 15.2. The molecule has 0 spiro atoms. The molecule has 114 valence electrons. The molecule has 0 radical (unpaired) electrons. The van der Waals surface area contributed by atoms with Gasteiger partial charge in [-0.3, -0.25) is 9.59 Å². The normalized spacial score (nSPS) is 27.7. The fourth-order valence-electron chi connectivity index (χ4n) is 2.57. The zero-order valence-electron chi connectivity index (χ0n) is 11.5. The zero-order chi connectivity index (χ0) is 14.8. The minimum Gasteiger partial charge on any atom is -0.374 e. The van der Waals surface area contributed by atoms with Gasteiger partial charge in [-0.2, -0.15) is 0 Å². The maximum atomic E-state index is 12.5. The number of rotatable bonds is 6. The van der Waals surface area contributed by atoms with Gasteiger partial charge in [-0.05, 0) is 25.7 Å². The first-order chi connectivity index (χ1) is 9.43. The Kier molecular flexibility index (Phi) is 4.57. The first-order valence-corrected chi connectivity index (χ1v) is 6.90. The van der Waals surface area contributed by atoms with Crippen LogP contribution in [0.15, 0.2) is 0 Å². The number of hydrogen-bond acceptors (Lipinski definition) is 3. The number of nitrogens with zero attached hydrogens (tertiary/aromatic N) is 1. The van der Waals surface area contributed by atoms with E-state index in [1.54, 1.807) is 11.8 Å². The summed E-state index contributed by atoms with van der Waals surface area (Å²) in [5, 5.41) is 2.81. The van der Waals surface area contributed by atoms with E-state index < -0.39 is 18.6 Å². The zero-order valence-corrected chi connectivity index (χ0v) is 11.5. The molecule has 20 heavy (non-hydrogen) atoms. The highest BCUT2D eigenvalue weighted by Crippen LogP contribution is 2.41. The molecule has 7 heteroatoms. The number of carbonyl (C=O) groups is 2. The van der Waals surface area contributed by atoms with E-state index in [1.807, 2.05) is 0 Å². The first-order valence-electron chi connectivity index (χ1n) is 6.90. The van der Waals surface area contributed by atoms with Gasteiger partial charge in [0, 0.05) is 19.5 Å². The molecule has 0 bridgehead atoms. The van der Waals surface area contributed by atoms with Crippen LogP contribution in [0.2, 0.25) is 0 Å². The maximum absolute atomic E-state index is 12.5. The third-order valence-corrected chi connectivity index (χ3v) is 3.88. The number of amides is 2. The van der Waals surface area contributed by atoms with Crippen molar-refractivity contribution in [3.63, 3.8) is 0 Å². The molecular formula is C13H20F2N2O3. The smallest absolute Gasteiger partial charge is 0.261 e. The maximum Gasteiger partial charge on any atom is 0.261 e. The quantitative estimate of drug-likeness (QED) is 0.736. The van der Waals surface area contributed by atoms with E-state index in [9.17, 15) is 18.4 Å². The number of ether oxygens (including phenoxy) is 1. The fourth-order valence-corrected chi connectivity index (χ4v) is 2.57. The van der Waals surface area contributed by atoms with Crippen molar-refractivity contribution >= 4 is 11.8 Å². The van der Waals surface area contributed by atoms with Crippen molar-refractivity contribution < 1.29 is 23.1 Å². The van der Waals surface area contributed by atoms with E-state index in [2.05, 4.69) is 5.32 Å². The summed E-state index contributed by atoms with van der Waals surface area (Å²) in [5.41, 5.74) is -0.851. The van der Waals surface area contributed by atoms with E-state index >= 15 is 0 Å². The highest BCUT2D eigenvalue weighted by Gasteiger charge is 2.50. The predicted molar refractivity (Wildman–Crippen MR) is 67.3 cm³/mol. The number of carbonyl (C=O) groups excluding carboxylic acids is 2. The summed E-state index contributed by atoms with van der Waals surface area (Å²) in [6.45, 7) is 1.74. The van der Waals surface area contributed by atoms with Gasteiger partial charge in [-0.1, -0.05) is 0 Å². The van der Waals surface area contributed by atoms with Crippen LogP contribution in [-0.4, -0.2) is 55.0 Å². The van der Waals surface area contributed by atoms with Crippen molar-refractivity contribution in [2.75, 3.05) is 26.3 Å². The molecule has 2 amide bonds. The summed E-state index contributed by atoms with van der Waals surface area (Å²) in [6.07, 6.45) is -0.408. The summed E-state index contributed by atoms with van der Waals surface area (Å²) >= 11 is 0. The second-order valence-corrected chi connectivity index (χ2v) is 5.53. The largest absolute Gasteiger partial charge is 0.374 e. The monoisotopic (exact) mass is 290 g/mol. The molecule has 1 atom stereocenters. The average Bonchev–Trinajstić information content (AvgIpc) is 3.20. The minimum absolute atomic E-state index is 0.0605. The highest BCUT2D eigenvalue weighted by molar-refractivity contribution is 5.93. The van der Waals surface area contributed by atoms with E-state index in [1.165, 1.54) is 0 Å². The molecule has 2 fully saturated rings. The number of hydrogen-bond donors (Lipinski definition) is 1. The van der Waals surface area contributed by atoms with Crippen molar-refractivity contribution in [1.82, 2.24) is 10.2 Å². The van der Waals surface area contributed by atoms with Crippen LogP contribution in [0.4, 0.5) is 8.78 Å². The molecule has 1 saturated heterocycles. The van der Waals surface area contributed by atoms with Crippen LogP contribution >= 0.6 is 0 Å². The molecule has 5 nitrogen and oxygen atoms in total. The fraction of sp³-hybridized carbons (Fsp3) is 0.846. The molecule has 1 aliphatic heterocycles. The molecule has 1 heterocycles. The van der Waals surface area contributed by atoms with E-state index in [4.69, 9.17) is 4.74 Å². The van der Waals surface area contributed by atoms with E-state index in [0.29, 0.717) is 6.54 Å². The predicted octanol–water partition coefficient (Wildman–Crippen LogP) is 0.785. The molecule has 1 N–H and O–H groups in total. The molecule has 2 aliphatic rings. The Morgan fingerprint density at radius 2 is 2.15 bits per heavy atom. The van der Waals surface area contributed by atoms with Crippen molar-refractivity contribution in [3.8, 4) is 0 Å². The van der Waals surface area contributed by atoms with Gasteiger partial charge in [0.1, 0.15) is 12.1 Å². The third kappa shape index (κ3) is 3.45. The second kappa shape index (κ2) is 6.03. The van der Waals surface area contributed by atoms with Gasteiger partial charge in [0.05, 0.1) is 6.61 Å². The van der Waals surface area contributed by atoms with Crippen molar-refractivity contribution in [3.05, 3.63) is 0 Å². The summed E-state index contributed by atoms with van der Waals surface area (Å²) < 4.78 is 28.7. The lowest BCUT2D eigenvalue weighted by atomic mass is 9.94. The van der Waals surface area contributed by atoms with Gasteiger partial charge in [0.25, 0.3) is 6.43 Å². The number of halogens is 2. The standard InChI is InChI=1S/C13H20F2N2O3/c1-13(9-2-3-9)12(19)17(5-4-11(18)16-13)6-7-20-8-10(14)15/h9-10H,2-8H2,1H3,(H,16,18). The van der Waals surface area contributed by atoms with Crippen molar-refractivity contribution in [2.24, 2.45) is 5.92 Å². The van der Waals surface area contributed by atoms with Crippen LogP contribution in [0.5, 0.6) is 0 Å². The SMILES string of the molecule is CC1(C2CC2)NC(=O)CCN(CCOCC(F)F)C1=O. The molecule has 0 aromatic rings. The lowest BCUT2D eigenvalue weighted by molar-refractivity contribution is -0.139. The summed E-state index contributed by atoms with van der Waals surface area (Å²) in [6, 6.07) is 0. The van der Waals surface area contributed by atoms with Crippen LogP contribution in [0.1, 0.15) is 26.2 Å². The summed E-state index contributed by atoms with van der Waals surface area (Å²) in [5.74, 6) is -0.0863. The van der Waals surface area contributed by atoms with E-state index in [-0.39, 0.29) is 37.3 Å². The van der Waals surface area contributed by atoms with E-state index in [0.717, 1.165) is 12.8 Å². The van der Waals surface area contributed by atoms with Gasteiger partial charge in [0.2, 0.25) is 11.8 Å². The van der Waals surface area contributed by atoms with Gasteiger partial charge in [0.15, 0.2) is 0 Å². The molecule has 0 aromatic heterocycles. The van der Waals surface area contributed by atoms with Crippen LogP contribution in [0.25, 0.3) is 0 Å². The van der Waals surface area contributed by atoms with Gasteiger partial charge in [-0.15, -0.1) is 0 Å². The Bertz CT molecular complexity index is 388. The highest BCUT2D eigenvalue weighted by atomic mass is 19.3. The molecule has 1 saturated carbocycles. The Hall–Kier alpha value is -1.24. The van der Waals surface area contributed by atoms with Gasteiger partial charge < -0.3 is 15.0 Å². The molecule has 2 rings (SSSR count). The average molecular weight is 290 g/mol. The number of alkyl halides is 2. The molecular weight excluding hydrogens is 270 g/mol.